The van der Waals surface area contributed by atoms with E-state index in [1.54, 1.807) is 57.2 Å². The van der Waals surface area contributed by atoms with Crippen molar-refractivity contribution in [2.75, 3.05) is 13.1 Å². The van der Waals surface area contributed by atoms with Crippen LogP contribution in [0.5, 0.6) is 11.5 Å². The van der Waals surface area contributed by atoms with Crippen LogP contribution in [0.15, 0.2) is 53.4 Å². The lowest BCUT2D eigenvalue weighted by Gasteiger charge is -2.31. The number of sulfonamides is 1. The molecule has 1 amide bonds. The van der Waals surface area contributed by atoms with Gasteiger partial charge in [-0.1, -0.05) is 38.1 Å². The summed E-state index contributed by atoms with van der Waals surface area (Å²) in [7, 11) is -3.49. The van der Waals surface area contributed by atoms with E-state index >= 15 is 0 Å². The lowest BCUT2D eigenvalue weighted by atomic mass is 10.1. The van der Waals surface area contributed by atoms with Crippen LogP contribution in [-0.2, 0) is 21.4 Å². The number of para-hydroxylation sites is 2. The zero-order chi connectivity index (χ0) is 21.0. The molecule has 0 radical (unpaired) electrons. The molecule has 0 unspecified atom stereocenters. The first-order valence-electron chi connectivity index (χ1n) is 9.66. The van der Waals surface area contributed by atoms with Crippen molar-refractivity contribution in [1.29, 1.82) is 0 Å². The molecule has 0 bridgehead atoms. The standard InChI is InChI=1S/C21H26N2O5S/c1-4-23(5-2)29(25,26)17-12-10-16(11-13-17)14-22-21(24)20-15(3)27-18-8-6-7-9-19(18)28-20/h6-13,15,20H,4-5,14H2,1-3H3,(H,22,24)/t15-,20+/m0/s1. The number of ether oxygens (including phenoxy) is 2. The van der Waals surface area contributed by atoms with Crippen LogP contribution in [0.1, 0.15) is 26.3 Å². The molecule has 156 valence electrons. The van der Waals surface area contributed by atoms with E-state index in [1.165, 1.54) is 4.31 Å². The molecule has 1 aliphatic heterocycles. The summed E-state index contributed by atoms with van der Waals surface area (Å²) in [6.45, 7) is 6.50. The lowest BCUT2D eigenvalue weighted by molar-refractivity contribution is -0.133. The molecular weight excluding hydrogens is 392 g/mol. The zero-order valence-corrected chi connectivity index (χ0v) is 17.6. The van der Waals surface area contributed by atoms with E-state index in [0.717, 1.165) is 5.56 Å². The molecule has 7 nitrogen and oxygen atoms in total. The topological polar surface area (TPSA) is 84.9 Å². The Balaban J connectivity index is 1.62. The monoisotopic (exact) mass is 418 g/mol. The predicted octanol–water partition coefficient (Wildman–Crippen LogP) is 2.56. The van der Waals surface area contributed by atoms with Crippen LogP contribution in [0.2, 0.25) is 0 Å². The lowest BCUT2D eigenvalue weighted by Crippen LogP contribution is -2.48. The molecule has 2 atom stereocenters. The highest BCUT2D eigenvalue weighted by Gasteiger charge is 2.33. The highest BCUT2D eigenvalue weighted by atomic mass is 32.2. The van der Waals surface area contributed by atoms with E-state index in [0.29, 0.717) is 24.6 Å². The van der Waals surface area contributed by atoms with Gasteiger partial charge in [-0.3, -0.25) is 4.79 Å². The number of fused-ring (bicyclic) bond motifs is 1. The first-order chi connectivity index (χ1) is 13.9. The van der Waals surface area contributed by atoms with E-state index in [-0.39, 0.29) is 17.3 Å². The molecule has 0 spiro atoms. The number of benzene rings is 2. The Bertz CT molecular complexity index is 955. The van der Waals surface area contributed by atoms with Gasteiger partial charge < -0.3 is 14.8 Å². The first-order valence-corrected chi connectivity index (χ1v) is 11.1. The Morgan fingerprint density at radius 2 is 1.59 bits per heavy atom. The number of carbonyl (C=O) groups excluding carboxylic acids is 1. The second kappa shape index (κ2) is 8.84. The van der Waals surface area contributed by atoms with Gasteiger partial charge in [0.2, 0.25) is 16.1 Å². The van der Waals surface area contributed by atoms with Crippen molar-refractivity contribution in [2.24, 2.45) is 0 Å². The summed E-state index contributed by atoms with van der Waals surface area (Å²) in [5, 5.41) is 2.83. The SMILES string of the molecule is CCN(CC)S(=O)(=O)c1ccc(CNC(=O)[C@@H]2Oc3ccccc3O[C@H]2C)cc1. The van der Waals surface area contributed by atoms with E-state index < -0.39 is 22.2 Å². The van der Waals surface area contributed by atoms with E-state index in [2.05, 4.69) is 5.32 Å². The van der Waals surface area contributed by atoms with Crippen LogP contribution < -0.4 is 14.8 Å². The third kappa shape index (κ3) is 4.54. The molecule has 0 saturated heterocycles. The first kappa shape index (κ1) is 21.1. The number of hydrogen-bond donors (Lipinski definition) is 1. The Morgan fingerprint density at radius 3 is 2.17 bits per heavy atom. The van der Waals surface area contributed by atoms with Crippen molar-refractivity contribution >= 4 is 15.9 Å². The fourth-order valence-electron chi connectivity index (χ4n) is 3.19. The van der Waals surface area contributed by atoms with Gasteiger partial charge in [0.05, 0.1) is 4.90 Å². The molecule has 1 heterocycles. The number of nitrogens with one attached hydrogen (secondary N) is 1. The van der Waals surface area contributed by atoms with Crippen molar-refractivity contribution in [3.8, 4) is 11.5 Å². The van der Waals surface area contributed by atoms with Crippen molar-refractivity contribution < 1.29 is 22.7 Å². The smallest absolute Gasteiger partial charge is 0.265 e. The minimum atomic E-state index is -3.49. The van der Waals surface area contributed by atoms with Gasteiger partial charge in [-0.25, -0.2) is 8.42 Å². The van der Waals surface area contributed by atoms with Crippen LogP contribution in [0, 0.1) is 0 Å². The second-order valence-corrected chi connectivity index (χ2v) is 8.70. The third-order valence-electron chi connectivity index (χ3n) is 4.83. The van der Waals surface area contributed by atoms with Gasteiger partial charge >= 0.3 is 0 Å². The van der Waals surface area contributed by atoms with Gasteiger partial charge in [0.15, 0.2) is 11.5 Å². The van der Waals surface area contributed by atoms with Crippen molar-refractivity contribution in [3.63, 3.8) is 0 Å². The summed E-state index contributed by atoms with van der Waals surface area (Å²) in [6, 6.07) is 13.8. The van der Waals surface area contributed by atoms with Gasteiger partial charge in [-0.05, 0) is 36.8 Å². The molecule has 1 N–H and O–H groups in total. The van der Waals surface area contributed by atoms with Crippen LogP contribution in [0.4, 0.5) is 0 Å². The van der Waals surface area contributed by atoms with Crippen LogP contribution in [0.3, 0.4) is 0 Å². The van der Waals surface area contributed by atoms with Crippen LogP contribution in [-0.4, -0.2) is 43.9 Å². The average molecular weight is 419 g/mol. The van der Waals surface area contributed by atoms with Gasteiger partial charge in [0.1, 0.15) is 6.10 Å². The van der Waals surface area contributed by atoms with E-state index in [9.17, 15) is 13.2 Å². The minimum Gasteiger partial charge on any atom is -0.482 e. The molecule has 1 aliphatic rings. The summed E-state index contributed by atoms with van der Waals surface area (Å²) in [5.41, 5.74) is 0.793. The van der Waals surface area contributed by atoms with Crippen molar-refractivity contribution in [2.45, 2.75) is 44.4 Å². The summed E-state index contributed by atoms with van der Waals surface area (Å²) in [5.74, 6) is 0.873. The molecular formula is C21H26N2O5S. The number of hydrogen-bond acceptors (Lipinski definition) is 5. The molecule has 0 saturated carbocycles. The van der Waals surface area contributed by atoms with E-state index in [1.807, 2.05) is 12.1 Å². The number of rotatable bonds is 7. The van der Waals surface area contributed by atoms with Crippen molar-refractivity contribution in [1.82, 2.24) is 9.62 Å². The maximum absolute atomic E-state index is 12.6. The van der Waals surface area contributed by atoms with Crippen LogP contribution >= 0.6 is 0 Å². The Labute approximate surface area is 171 Å². The average Bonchev–Trinajstić information content (AvgIpc) is 2.72. The normalized spacial score (nSPS) is 18.5. The van der Waals surface area contributed by atoms with Gasteiger partial charge in [0.25, 0.3) is 5.91 Å². The van der Waals surface area contributed by atoms with Crippen LogP contribution in [0.25, 0.3) is 0 Å². The number of carbonyl (C=O) groups is 1. The number of amides is 1. The third-order valence-corrected chi connectivity index (χ3v) is 6.90. The predicted molar refractivity (Wildman–Crippen MR) is 109 cm³/mol. The Kier molecular flexibility index (Phi) is 6.44. The summed E-state index contributed by atoms with van der Waals surface area (Å²) < 4.78 is 38.0. The molecule has 29 heavy (non-hydrogen) atoms. The molecule has 0 aromatic heterocycles. The maximum Gasteiger partial charge on any atom is 0.265 e. The highest BCUT2D eigenvalue weighted by molar-refractivity contribution is 7.89. The van der Waals surface area contributed by atoms with Gasteiger partial charge in [0, 0.05) is 19.6 Å². The van der Waals surface area contributed by atoms with Crippen molar-refractivity contribution in [3.05, 3.63) is 54.1 Å². The number of nitrogens with zero attached hydrogens (tertiary/aromatic N) is 1. The minimum absolute atomic E-state index is 0.241. The fourth-order valence-corrected chi connectivity index (χ4v) is 4.65. The zero-order valence-electron chi connectivity index (χ0n) is 16.8. The Morgan fingerprint density at radius 1 is 1.00 bits per heavy atom. The highest BCUT2D eigenvalue weighted by Crippen LogP contribution is 2.33. The molecule has 2 aromatic rings. The molecule has 2 aromatic carbocycles. The molecule has 8 heteroatoms. The van der Waals surface area contributed by atoms with Gasteiger partial charge in [-0.2, -0.15) is 4.31 Å². The quantitative estimate of drug-likeness (QED) is 0.747. The summed E-state index contributed by atoms with van der Waals surface area (Å²) in [4.78, 5) is 12.8. The fraction of sp³-hybridized carbons (Fsp3) is 0.381. The summed E-state index contributed by atoms with van der Waals surface area (Å²) >= 11 is 0. The molecule has 0 aliphatic carbocycles. The molecule has 0 fully saturated rings. The second-order valence-electron chi connectivity index (χ2n) is 6.76. The maximum atomic E-state index is 12.6. The summed E-state index contributed by atoms with van der Waals surface area (Å²) in [6.07, 6.45) is -1.18. The van der Waals surface area contributed by atoms with Gasteiger partial charge in [-0.15, -0.1) is 0 Å². The molecule has 3 rings (SSSR count). The largest absolute Gasteiger partial charge is 0.482 e. The Hall–Kier alpha value is -2.58. The van der Waals surface area contributed by atoms with E-state index in [4.69, 9.17) is 9.47 Å².